The zero-order chi connectivity index (χ0) is 15.7. The number of benzene rings is 1. The highest BCUT2D eigenvalue weighted by atomic mass is 16.2. The first-order chi connectivity index (χ1) is 10.6. The highest BCUT2D eigenvalue weighted by Gasteiger charge is 2.34. The molecular formula is C15H14N4O3. The first kappa shape index (κ1) is 14.0. The number of hydrogen-bond donors (Lipinski definition) is 2. The Morgan fingerprint density at radius 1 is 1.23 bits per heavy atom. The molecular weight excluding hydrogens is 284 g/mol. The molecule has 22 heavy (non-hydrogen) atoms. The Bertz CT molecular complexity index is 731. The lowest BCUT2D eigenvalue weighted by Gasteiger charge is -2.12. The van der Waals surface area contributed by atoms with Crippen molar-refractivity contribution in [2.24, 2.45) is 0 Å². The van der Waals surface area contributed by atoms with E-state index in [0.717, 1.165) is 10.6 Å². The van der Waals surface area contributed by atoms with Gasteiger partial charge in [0.25, 0.3) is 11.8 Å². The number of carbonyl (C=O) groups excluding carboxylic acids is 3. The molecule has 0 saturated heterocycles. The zero-order valence-corrected chi connectivity index (χ0v) is 11.9. The third-order valence-corrected chi connectivity index (χ3v) is 3.41. The van der Waals surface area contributed by atoms with Crippen LogP contribution in [0.15, 0.2) is 30.3 Å². The van der Waals surface area contributed by atoms with E-state index in [-0.39, 0.29) is 30.7 Å². The van der Waals surface area contributed by atoms with Gasteiger partial charge in [-0.25, -0.2) is 0 Å². The Morgan fingerprint density at radius 3 is 2.41 bits per heavy atom. The first-order valence-corrected chi connectivity index (χ1v) is 6.83. The number of amides is 3. The Balaban J connectivity index is 1.62. The molecule has 7 heteroatoms. The van der Waals surface area contributed by atoms with Crippen molar-refractivity contribution in [2.75, 3.05) is 11.9 Å². The van der Waals surface area contributed by atoms with Gasteiger partial charge in [-0.15, -0.1) is 0 Å². The average molecular weight is 298 g/mol. The van der Waals surface area contributed by atoms with Crippen molar-refractivity contribution in [1.29, 1.82) is 0 Å². The van der Waals surface area contributed by atoms with Crippen LogP contribution in [0, 0.1) is 6.92 Å². The van der Waals surface area contributed by atoms with Gasteiger partial charge in [-0.3, -0.25) is 24.4 Å². The second-order valence-corrected chi connectivity index (χ2v) is 5.04. The van der Waals surface area contributed by atoms with Crippen molar-refractivity contribution in [3.63, 3.8) is 0 Å². The van der Waals surface area contributed by atoms with Crippen LogP contribution in [0.25, 0.3) is 0 Å². The molecule has 0 radical (unpaired) electrons. The monoisotopic (exact) mass is 298 g/mol. The van der Waals surface area contributed by atoms with Crippen molar-refractivity contribution >= 4 is 23.5 Å². The molecule has 0 unspecified atom stereocenters. The summed E-state index contributed by atoms with van der Waals surface area (Å²) in [4.78, 5) is 37.2. The van der Waals surface area contributed by atoms with Crippen LogP contribution in [0.5, 0.6) is 0 Å². The van der Waals surface area contributed by atoms with E-state index in [1.54, 1.807) is 30.3 Å². The number of aromatic amines is 1. The van der Waals surface area contributed by atoms with Gasteiger partial charge in [-0.2, -0.15) is 5.10 Å². The fourth-order valence-electron chi connectivity index (χ4n) is 2.34. The summed E-state index contributed by atoms with van der Waals surface area (Å²) in [7, 11) is 0. The van der Waals surface area contributed by atoms with E-state index < -0.39 is 0 Å². The summed E-state index contributed by atoms with van der Waals surface area (Å²) in [6, 6.07) is 8.34. The SMILES string of the molecule is Cc1cc(NC(=O)CCN2C(=O)c3ccccc3C2=O)n[nH]1. The summed E-state index contributed by atoms with van der Waals surface area (Å²) in [5.41, 5.74) is 1.60. The molecule has 2 heterocycles. The highest BCUT2D eigenvalue weighted by molar-refractivity contribution is 6.21. The van der Waals surface area contributed by atoms with E-state index in [1.807, 2.05) is 6.92 Å². The van der Waals surface area contributed by atoms with Gasteiger partial charge >= 0.3 is 0 Å². The number of carbonyl (C=O) groups is 3. The summed E-state index contributed by atoms with van der Waals surface area (Å²) in [6.45, 7) is 1.86. The fourth-order valence-corrected chi connectivity index (χ4v) is 2.34. The molecule has 1 aromatic heterocycles. The number of aryl methyl sites for hydroxylation is 1. The van der Waals surface area contributed by atoms with Crippen molar-refractivity contribution in [1.82, 2.24) is 15.1 Å². The fraction of sp³-hybridized carbons (Fsp3) is 0.200. The van der Waals surface area contributed by atoms with Gasteiger partial charge in [0.05, 0.1) is 11.1 Å². The summed E-state index contributed by atoms with van der Waals surface area (Å²) in [5, 5.41) is 9.21. The van der Waals surface area contributed by atoms with Crippen LogP contribution in [0.4, 0.5) is 5.82 Å². The summed E-state index contributed by atoms with van der Waals surface area (Å²) in [6.07, 6.45) is 0.0252. The third kappa shape index (κ3) is 2.48. The van der Waals surface area contributed by atoms with Crippen molar-refractivity contribution < 1.29 is 14.4 Å². The maximum Gasteiger partial charge on any atom is 0.261 e. The maximum absolute atomic E-state index is 12.1. The van der Waals surface area contributed by atoms with Crippen LogP contribution in [-0.2, 0) is 4.79 Å². The minimum Gasteiger partial charge on any atom is -0.309 e. The number of imide groups is 1. The van der Waals surface area contributed by atoms with Crippen molar-refractivity contribution in [3.05, 3.63) is 47.2 Å². The molecule has 3 amide bonds. The van der Waals surface area contributed by atoms with Crippen molar-refractivity contribution in [2.45, 2.75) is 13.3 Å². The molecule has 112 valence electrons. The Kier molecular flexibility index (Phi) is 3.46. The standard InChI is InChI=1S/C15H14N4O3/c1-9-8-12(18-17-9)16-13(20)6-7-19-14(21)10-4-2-3-5-11(10)15(19)22/h2-5,8H,6-7H2,1H3,(H2,16,17,18,20). The van der Waals surface area contributed by atoms with E-state index in [4.69, 9.17) is 0 Å². The number of rotatable bonds is 4. The average Bonchev–Trinajstić information content (AvgIpc) is 3.01. The molecule has 0 atom stereocenters. The number of anilines is 1. The number of hydrogen-bond acceptors (Lipinski definition) is 4. The summed E-state index contributed by atoms with van der Waals surface area (Å²) >= 11 is 0. The van der Waals surface area contributed by atoms with Crippen LogP contribution >= 0.6 is 0 Å². The van der Waals surface area contributed by atoms with Crippen LogP contribution in [0.3, 0.4) is 0 Å². The summed E-state index contributed by atoms with van der Waals surface area (Å²) < 4.78 is 0. The Labute approximate surface area is 126 Å². The number of nitrogens with one attached hydrogen (secondary N) is 2. The van der Waals surface area contributed by atoms with E-state index in [1.165, 1.54) is 0 Å². The minimum absolute atomic E-state index is 0.0252. The molecule has 0 bridgehead atoms. The molecule has 0 fully saturated rings. The van der Waals surface area contributed by atoms with Gasteiger partial charge in [0, 0.05) is 24.7 Å². The molecule has 0 spiro atoms. The lowest BCUT2D eigenvalue weighted by atomic mass is 10.1. The maximum atomic E-state index is 12.1. The molecule has 2 aromatic rings. The zero-order valence-electron chi connectivity index (χ0n) is 11.9. The largest absolute Gasteiger partial charge is 0.309 e. The van der Waals surface area contributed by atoms with Gasteiger partial charge in [0.1, 0.15) is 0 Å². The van der Waals surface area contributed by atoms with E-state index in [9.17, 15) is 14.4 Å². The molecule has 2 N–H and O–H groups in total. The van der Waals surface area contributed by atoms with Gasteiger partial charge in [0.15, 0.2) is 5.82 Å². The number of aromatic nitrogens is 2. The molecule has 0 saturated carbocycles. The third-order valence-electron chi connectivity index (χ3n) is 3.41. The normalized spacial score (nSPS) is 13.4. The quantitative estimate of drug-likeness (QED) is 0.833. The van der Waals surface area contributed by atoms with Gasteiger partial charge < -0.3 is 5.32 Å². The first-order valence-electron chi connectivity index (χ1n) is 6.83. The summed E-state index contributed by atoms with van der Waals surface area (Å²) in [5.74, 6) is -0.596. The number of nitrogens with zero attached hydrogens (tertiary/aromatic N) is 2. The number of H-pyrrole nitrogens is 1. The molecule has 1 aliphatic rings. The molecule has 0 aliphatic carbocycles. The Hall–Kier alpha value is -2.96. The van der Waals surface area contributed by atoms with Gasteiger partial charge in [-0.05, 0) is 19.1 Å². The van der Waals surface area contributed by atoms with E-state index >= 15 is 0 Å². The molecule has 7 nitrogen and oxygen atoms in total. The molecule has 1 aromatic carbocycles. The lowest BCUT2D eigenvalue weighted by Crippen LogP contribution is -2.32. The Morgan fingerprint density at radius 2 is 1.86 bits per heavy atom. The van der Waals surface area contributed by atoms with E-state index in [2.05, 4.69) is 15.5 Å². The second kappa shape index (κ2) is 5.44. The topological polar surface area (TPSA) is 95.2 Å². The van der Waals surface area contributed by atoms with Crippen LogP contribution < -0.4 is 5.32 Å². The van der Waals surface area contributed by atoms with E-state index in [0.29, 0.717) is 16.9 Å². The van der Waals surface area contributed by atoms with Crippen LogP contribution in [0.2, 0.25) is 0 Å². The molecule has 1 aliphatic heterocycles. The lowest BCUT2D eigenvalue weighted by molar-refractivity contribution is -0.116. The van der Waals surface area contributed by atoms with Gasteiger partial charge in [-0.1, -0.05) is 12.1 Å². The number of fused-ring (bicyclic) bond motifs is 1. The predicted octanol–water partition coefficient (Wildman–Crippen LogP) is 1.34. The van der Waals surface area contributed by atoms with Crippen molar-refractivity contribution in [3.8, 4) is 0 Å². The predicted molar refractivity (Wildman–Crippen MR) is 78.4 cm³/mol. The van der Waals surface area contributed by atoms with Gasteiger partial charge in [0.2, 0.25) is 5.91 Å². The second-order valence-electron chi connectivity index (χ2n) is 5.04. The van der Waals surface area contributed by atoms with Crippen LogP contribution in [0.1, 0.15) is 32.8 Å². The highest BCUT2D eigenvalue weighted by Crippen LogP contribution is 2.22. The molecule has 3 rings (SSSR count). The minimum atomic E-state index is -0.357. The smallest absolute Gasteiger partial charge is 0.261 e. The van der Waals surface area contributed by atoms with Crippen LogP contribution in [-0.4, -0.2) is 39.4 Å².